The molecule has 1 aromatic heterocycles. The third kappa shape index (κ3) is 4.10. The first-order valence-electron chi connectivity index (χ1n) is 5.93. The second kappa shape index (κ2) is 6.73. The van der Waals surface area contributed by atoms with Gasteiger partial charge in [0.25, 0.3) is 0 Å². The maximum absolute atomic E-state index is 11.7. The number of pyridine rings is 1. The monoisotopic (exact) mass is 288 g/mol. The Morgan fingerprint density at radius 1 is 1.25 bits per heavy atom. The maximum Gasteiger partial charge on any atom is 0.249 e. The van der Waals surface area contributed by atoms with Crippen molar-refractivity contribution < 1.29 is 9.53 Å². The van der Waals surface area contributed by atoms with E-state index in [-0.39, 0.29) is 5.91 Å². The molecule has 0 unspecified atom stereocenters. The van der Waals surface area contributed by atoms with Gasteiger partial charge in [-0.05, 0) is 35.9 Å². The maximum atomic E-state index is 11.7. The molecule has 2 rings (SSSR count). The number of halogens is 1. The molecular formula is C15H13ClN2O2. The fraction of sp³-hybridized carbons (Fsp3) is 0.0667. The minimum atomic E-state index is -0.268. The number of carbonyl (C=O) groups excluding carboxylic acids is 1. The van der Waals surface area contributed by atoms with Crippen LogP contribution in [-0.2, 0) is 4.79 Å². The van der Waals surface area contributed by atoms with Gasteiger partial charge in [0.15, 0.2) is 0 Å². The summed E-state index contributed by atoms with van der Waals surface area (Å²) < 4.78 is 5.06. The summed E-state index contributed by atoms with van der Waals surface area (Å²) in [5, 5.41) is 2.96. The van der Waals surface area contributed by atoms with Crippen molar-refractivity contribution in [2.75, 3.05) is 12.4 Å². The number of methoxy groups -OCH3 is 1. The van der Waals surface area contributed by atoms with E-state index in [1.165, 1.54) is 6.08 Å². The highest BCUT2D eigenvalue weighted by molar-refractivity contribution is 6.29. The largest absolute Gasteiger partial charge is 0.497 e. The van der Waals surface area contributed by atoms with E-state index >= 15 is 0 Å². The van der Waals surface area contributed by atoms with Crippen molar-refractivity contribution in [2.45, 2.75) is 0 Å². The summed E-state index contributed by atoms with van der Waals surface area (Å²) in [6.07, 6.45) is 3.14. The first-order chi connectivity index (χ1) is 9.67. The Balaban J connectivity index is 1.98. The third-order valence-corrected chi connectivity index (χ3v) is 2.72. The van der Waals surface area contributed by atoms with Crippen molar-refractivity contribution >= 4 is 29.4 Å². The lowest BCUT2D eigenvalue weighted by atomic mass is 10.2. The van der Waals surface area contributed by atoms with Crippen molar-refractivity contribution in [3.63, 3.8) is 0 Å². The molecule has 0 saturated heterocycles. The van der Waals surface area contributed by atoms with Crippen LogP contribution in [0.2, 0.25) is 5.15 Å². The van der Waals surface area contributed by atoms with Crippen LogP contribution in [0.4, 0.5) is 5.82 Å². The van der Waals surface area contributed by atoms with E-state index in [1.807, 2.05) is 24.3 Å². The van der Waals surface area contributed by atoms with E-state index < -0.39 is 0 Å². The number of ether oxygens (including phenoxy) is 1. The molecule has 0 fully saturated rings. The number of nitrogens with one attached hydrogen (secondary N) is 1. The number of aromatic nitrogens is 1. The second-order valence-electron chi connectivity index (χ2n) is 3.94. The Morgan fingerprint density at radius 2 is 2.00 bits per heavy atom. The molecule has 2 aromatic rings. The van der Waals surface area contributed by atoms with Crippen molar-refractivity contribution in [2.24, 2.45) is 0 Å². The van der Waals surface area contributed by atoms with Crippen LogP contribution in [0, 0.1) is 0 Å². The standard InChI is InChI=1S/C15H13ClN2O2/c1-20-12-8-5-11(6-9-12)7-10-15(19)18-14-4-2-3-13(16)17-14/h2-10H,1H3,(H,17,18,19)/b10-7+. The number of nitrogens with zero attached hydrogens (tertiary/aromatic N) is 1. The predicted octanol–water partition coefficient (Wildman–Crippen LogP) is 3.40. The molecule has 1 amide bonds. The fourth-order valence-electron chi connectivity index (χ4n) is 1.53. The lowest BCUT2D eigenvalue weighted by Gasteiger charge is -2.01. The zero-order valence-electron chi connectivity index (χ0n) is 10.8. The lowest BCUT2D eigenvalue weighted by molar-refractivity contribution is -0.111. The van der Waals surface area contributed by atoms with E-state index in [0.717, 1.165) is 11.3 Å². The van der Waals surface area contributed by atoms with Crippen LogP contribution >= 0.6 is 11.6 Å². The quantitative estimate of drug-likeness (QED) is 0.693. The average Bonchev–Trinajstić information content (AvgIpc) is 2.46. The van der Waals surface area contributed by atoms with Crippen LogP contribution < -0.4 is 10.1 Å². The van der Waals surface area contributed by atoms with Gasteiger partial charge in [-0.1, -0.05) is 29.8 Å². The number of hydrogen-bond acceptors (Lipinski definition) is 3. The van der Waals surface area contributed by atoms with Gasteiger partial charge in [-0.15, -0.1) is 0 Å². The molecule has 0 saturated carbocycles. The van der Waals surface area contributed by atoms with Gasteiger partial charge in [-0.2, -0.15) is 0 Å². The summed E-state index contributed by atoms with van der Waals surface area (Å²) in [7, 11) is 1.61. The lowest BCUT2D eigenvalue weighted by Crippen LogP contribution is -2.08. The first kappa shape index (κ1) is 14.1. The van der Waals surface area contributed by atoms with Crippen LogP contribution in [0.3, 0.4) is 0 Å². The molecule has 0 aliphatic heterocycles. The molecule has 20 heavy (non-hydrogen) atoms. The molecule has 1 N–H and O–H groups in total. The SMILES string of the molecule is COc1ccc(/C=C/C(=O)Nc2cccc(Cl)n2)cc1. The highest BCUT2D eigenvalue weighted by atomic mass is 35.5. The Hall–Kier alpha value is -2.33. The Kier molecular flexibility index (Phi) is 4.74. The topological polar surface area (TPSA) is 51.2 Å². The van der Waals surface area contributed by atoms with Crippen LogP contribution in [0.15, 0.2) is 48.5 Å². The summed E-state index contributed by atoms with van der Waals surface area (Å²) in [6, 6.07) is 12.4. The fourth-order valence-corrected chi connectivity index (χ4v) is 1.70. The van der Waals surface area contributed by atoms with Crippen LogP contribution in [-0.4, -0.2) is 18.0 Å². The summed E-state index contributed by atoms with van der Waals surface area (Å²) >= 11 is 5.74. The van der Waals surface area contributed by atoms with E-state index in [0.29, 0.717) is 11.0 Å². The van der Waals surface area contributed by atoms with Crippen LogP contribution in [0.25, 0.3) is 6.08 Å². The molecule has 0 bridgehead atoms. The molecule has 0 aliphatic rings. The molecule has 4 nitrogen and oxygen atoms in total. The van der Waals surface area contributed by atoms with Gasteiger partial charge in [-0.3, -0.25) is 4.79 Å². The highest BCUT2D eigenvalue weighted by Gasteiger charge is 1.99. The summed E-state index contributed by atoms with van der Waals surface area (Å²) in [4.78, 5) is 15.7. The number of carbonyl (C=O) groups is 1. The van der Waals surface area contributed by atoms with E-state index in [9.17, 15) is 4.79 Å². The van der Waals surface area contributed by atoms with Gasteiger partial charge in [0, 0.05) is 6.08 Å². The van der Waals surface area contributed by atoms with Crippen molar-refractivity contribution in [3.8, 4) is 5.75 Å². The Bertz CT molecular complexity index is 624. The average molecular weight is 289 g/mol. The molecule has 0 radical (unpaired) electrons. The van der Waals surface area contributed by atoms with Crippen LogP contribution in [0.5, 0.6) is 5.75 Å². The van der Waals surface area contributed by atoms with Crippen molar-refractivity contribution in [1.82, 2.24) is 4.98 Å². The minimum absolute atomic E-state index is 0.268. The van der Waals surface area contributed by atoms with Crippen molar-refractivity contribution in [1.29, 1.82) is 0 Å². The van der Waals surface area contributed by atoms with Gasteiger partial charge in [0.2, 0.25) is 5.91 Å². The number of anilines is 1. The summed E-state index contributed by atoms with van der Waals surface area (Å²) in [5.74, 6) is 0.923. The Morgan fingerprint density at radius 3 is 2.65 bits per heavy atom. The number of hydrogen-bond donors (Lipinski definition) is 1. The zero-order chi connectivity index (χ0) is 14.4. The molecule has 1 heterocycles. The van der Waals surface area contributed by atoms with Gasteiger partial charge in [-0.25, -0.2) is 4.98 Å². The number of benzene rings is 1. The van der Waals surface area contributed by atoms with Gasteiger partial charge < -0.3 is 10.1 Å². The van der Waals surface area contributed by atoms with E-state index in [4.69, 9.17) is 16.3 Å². The minimum Gasteiger partial charge on any atom is -0.497 e. The van der Waals surface area contributed by atoms with E-state index in [1.54, 1.807) is 31.4 Å². The van der Waals surface area contributed by atoms with E-state index in [2.05, 4.69) is 10.3 Å². The molecule has 1 aromatic carbocycles. The summed E-state index contributed by atoms with van der Waals surface area (Å²) in [5.41, 5.74) is 0.903. The molecule has 102 valence electrons. The second-order valence-corrected chi connectivity index (χ2v) is 4.33. The normalized spacial score (nSPS) is 10.5. The predicted molar refractivity (Wildman–Crippen MR) is 79.9 cm³/mol. The van der Waals surface area contributed by atoms with Gasteiger partial charge >= 0.3 is 0 Å². The molecular weight excluding hydrogens is 276 g/mol. The van der Waals surface area contributed by atoms with Gasteiger partial charge in [0.05, 0.1) is 7.11 Å². The Labute approximate surface area is 122 Å². The van der Waals surface area contributed by atoms with Crippen molar-refractivity contribution in [3.05, 3.63) is 59.3 Å². The number of rotatable bonds is 4. The zero-order valence-corrected chi connectivity index (χ0v) is 11.6. The highest BCUT2D eigenvalue weighted by Crippen LogP contribution is 2.13. The summed E-state index contributed by atoms with van der Waals surface area (Å²) in [6.45, 7) is 0. The first-order valence-corrected chi connectivity index (χ1v) is 6.31. The number of amides is 1. The third-order valence-electron chi connectivity index (χ3n) is 2.51. The van der Waals surface area contributed by atoms with Gasteiger partial charge in [0.1, 0.15) is 16.7 Å². The molecule has 0 spiro atoms. The van der Waals surface area contributed by atoms with Crippen LogP contribution in [0.1, 0.15) is 5.56 Å². The smallest absolute Gasteiger partial charge is 0.249 e. The molecule has 0 aliphatic carbocycles. The molecule has 5 heteroatoms. The molecule has 0 atom stereocenters.